The molecule has 2 rings (SSSR count). The molecule has 1 fully saturated rings. The number of rotatable bonds is 5. The molecule has 6 heteroatoms. The van der Waals surface area contributed by atoms with Gasteiger partial charge in [0.25, 0.3) is 5.91 Å². The highest BCUT2D eigenvalue weighted by Gasteiger charge is 2.21. The van der Waals surface area contributed by atoms with E-state index in [0.717, 1.165) is 31.6 Å². The van der Waals surface area contributed by atoms with E-state index < -0.39 is 10.0 Å². The molecule has 1 aromatic carbocycles. The normalized spacial score (nSPS) is 22.1. The lowest BCUT2D eigenvalue weighted by atomic mass is 9.87. The first kappa shape index (κ1) is 17.9. The van der Waals surface area contributed by atoms with Crippen LogP contribution in [0.25, 0.3) is 0 Å². The zero-order valence-electron chi connectivity index (χ0n) is 14.0. The number of benzene rings is 1. The highest BCUT2D eigenvalue weighted by molar-refractivity contribution is 7.89. The fraction of sp³-hybridized carbons (Fsp3) is 0.588. The fourth-order valence-electron chi connectivity index (χ4n) is 2.86. The maximum atomic E-state index is 12.4. The highest BCUT2D eigenvalue weighted by Crippen LogP contribution is 2.23. The minimum absolute atomic E-state index is 0.121. The van der Waals surface area contributed by atoms with Gasteiger partial charge in [-0.25, -0.2) is 13.1 Å². The molecule has 0 unspecified atom stereocenters. The van der Waals surface area contributed by atoms with E-state index in [4.69, 9.17) is 0 Å². The Balaban J connectivity index is 2.08. The van der Waals surface area contributed by atoms with Gasteiger partial charge in [-0.1, -0.05) is 13.0 Å². The minimum atomic E-state index is -3.59. The van der Waals surface area contributed by atoms with Gasteiger partial charge in [-0.2, -0.15) is 0 Å². The molecule has 0 atom stereocenters. The van der Waals surface area contributed by atoms with Crippen LogP contribution in [0.2, 0.25) is 0 Å². The zero-order chi connectivity index (χ0) is 17.0. The van der Waals surface area contributed by atoms with Crippen LogP contribution in [0.3, 0.4) is 0 Å². The van der Waals surface area contributed by atoms with Gasteiger partial charge in [0.05, 0.1) is 4.90 Å². The molecule has 0 heterocycles. The van der Waals surface area contributed by atoms with Crippen molar-refractivity contribution in [2.24, 2.45) is 5.92 Å². The lowest BCUT2D eigenvalue weighted by Gasteiger charge is -2.27. The summed E-state index contributed by atoms with van der Waals surface area (Å²) in [4.78, 5) is 12.5. The SMILES string of the molecule is CC1CCC(NC(=O)c2cccc(S(=O)(=O)NC(C)C)c2)CC1. The largest absolute Gasteiger partial charge is 0.349 e. The summed E-state index contributed by atoms with van der Waals surface area (Å²) >= 11 is 0. The second kappa shape index (κ2) is 7.45. The van der Waals surface area contributed by atoms with E-state index in [1.165, 1.54) is 12.1 Å². The zero-order valence-corrected chi connectivity index (χ0v) is 14.8. The van der Waals surface area contributed by atoms with Crippen molar-refractivity contribution in [1.82, 2.24) is 10.0 Å². The van der Waals surface area contributed by atoms with Gasteiger partial charge in [0.2, 0.25) is 10.0 Å². The number of amides is 1. The van der Waals surface area contributed by atoms with Gasteiger partial charge >= 0.3 is 0 Å². The Morgan fingerprint density at radius 3 is 2.43 bits per heavy atom. The Bertz CT molecular complexity index is 648. The van der Waals surface area contributed by atoms with Crippen molar-refractivity contribution in [2.45, 2.75) is 63.4 Å². The summed E-state index contributed by atoms with van der Waals surface area (Å²) in [5, 5.41) is 3.02. The van der Waals surface area contributed by atoms with E-state index in [0.29, 0.717) is 5.56 Å². The third-order valence-electron chi connectivity index (χ3n) is 4.15. The van der Waals surface area contributed by atoms with Crippen molar-refractivity contribution in [3.63, 3.8) is 0 Å². The molecule has 0 radical (unpaired) electrons. The Morgan fingerprint density at radius 1 is 1.17 bits per heavy atom. The predicted molar refractivity (Wildman–Crippen MR) is 90.8 cm³/mol. The van der Waals surface area contributed by atoms with Crippen LogP contribution >= 0.6 is 0 Å². The first-order chi connectivity index (χ1) is 10.8. The quantitative estimate of drug-likeness (QED) is 0.867. The monoisotopic (exact) mass is 338 g/mol. The summed E-state index contributed by atoms with van der Waals surface area (Å²) in [5.41, 5.74) is 0.384. The lowest BCUT2D eigenvalue weighted by molar-refractivity contribution is 0.0923. The van der Waals surface area contributed by atoms with Crippen LogP contribution in [0, 0.1) is 5.92 Å². The topological polar surface area (TPSA) is 75.3 Å². The second-order valence-corrected chi connectivity index (χ2v) is 8.45. The minimum Gasteiger partial charge on any atom is -0.349 e. The van der Waals surface area contributed by atoms with Crippen LogP contribution in [0.5, 0.6) is 0 Å². The molecule has 0 aromatic heterocycles. The first-order valence-electron chi connectivity index (χ1n) is 8.21. The van der Waals surface area contributed by atoms with Crippen molar-refractivity contribution < 1.29 is 13.2 Å². The smallest absolute Gasteiger partial charge is 0.251 e. The molecule has 0 spiro atoms. The molecule has 0 aliphatic heterocycles. The molecule has 0 saturated heterocycles. The van der Waals surface area contributed by atoms with Gasteiger partial charge in [-0.15, -0.1) is 0 Å². The fourth-order valence-corrected chi connectivity index (χ4v) is 4.15. The molecular formula is C17H26N2O3S. The molecule has 1 aromatic rings. The van der Waals surface area contributed by atoms with Crippen LogP contribution < -0.4 is 10.0 Å². The van der Waals surface area contributed by atoms with Gasteiger partial charge < -0.3 is 5.32 Å². The van der Waals surface area contributed by atoms with Gasteiger partial charge in [0, 0.05) is 17.6 Å². The number of hydrogen-bond acceptors (Lipinski definition) is 3. The second-order valence-electron chi connectivity index (χ2n) is 6.73. The summed E-state index contributed by atoms with van der Waals surface area (Å²) in [6, 6.07) is 6.19. The molecule has 23 heavy (non-hydrogen) atoms. The number of carbonyl (C=O) groups excluding carboxylic acids is 1. The van der Waals surface area contributed by atoms with Gasteiger partial charge in [-0.3, -0.25) is 4.79 Å². The van der Waals surface area contributed by atoms with Gasteiger partial charge in [0.1, 0.15) is 0 Å². The Hall–Kier alpha value is -1.40. The Morgan fingerprint density at radius 2 is 1.83 bits per heavy atom. The van der Waals surface area contributed by atoms with Gasteiger partial charge in [0.15, 0.2) is 0 Å². The summed E-state index contributed by atoms with van der Waals surface area (Å²) in [6.07, 6.45) is 4.22. The average molecular weight is 338 g/mol. The molecule has 0 bridgehead atoms. The van der Waals surface area contributed by atoms with Crippen molar-refractivity contribution in [3.05, 3.63) is 29.8 Å². The molecule has 2 N–H and O–H groups in total. The Labute approximate surface area is 138 Å². The summed E-state index contributed by atoms with van der Waals surface area (Å²) in [7, 11) is -3.59. The van der Waals surface area contributed by atoms with E-state index in [1.807, 2.05) is 0 Å². The maximum Gasteiger partial charge on any atom is 0.251 e. The van der Waals surface area contributed by atoms with Gasteiger partial charge in [-0.05, 0) is 63.6 Å². The molecule has 1 aliphatic carbocycles. The van der Waals surface area contributed by atoms with E-state index >= 15 is 0 Å². The molecule has 1 amide bonds. The number of hydrogen-bond donors (Lipinski definition) is 2. The molecule has 128 valence electrons. The highest BCUT2D eigenvalue weighted by atomic mass is 32.2. The van der Waals surface area contributed by atoms with Crippen molar-refractivity contribution in [3.8, 4) is 0 Å². The molecule has 1 aliphatic rings. The van der Waals surface area contributed by atoms with E-state index in [9.17, 15) is 13.2 Å². The maximum absolute atomic E-state index is 12.4. The Kier molecular flexibility index (Phi) is 5.81. The number of nitrogens with one attached hydrogen (secondary N) is 2. The standard InChI is InChI=1S/C17H26N2O3S/c1-12(2)19-23(21,22)16-6-4-5-14(11-16)17(20)18-15-9-7-13(3)8-10-15/h4-6,11-13,15,19H,7-10H2,1-3H3,(H,18,20). The van der Waals surface area contributed by atoms with Crippen LogP contribution in [0.1, 0.15) is 56.8 Å². The van der Waals surface area contributed by atoms with Crippen molar-refractivity contribution in [2.75, 3.05) is 0 Å². The third-order valence-corrected chi connectivity index (χ3v) is 5.80. The van der Waals surface area contributed by atoms with E-state index in [1.54, 1.807) is 26.0 Å². The average Bonchev–Trinajstić information content (AvgIpc) is 2.48. The summed E-state index contributed by atoms with van der Waals surface area (Å²) < 4.78 is 26.9. The van der Waals surface area contributed by atoms with Crippen molar-refractivity contribution in [1.29, 1.82) is 0 Å². The first-order valence-corrected chi connectivity index (χ1v) is 9.69. The number of sulfonamides is 1. The van der Waals surface area contributed by atoms with Crippen LogP contribution in [-0.4, -0.2) is 26.4 Å². The van der Waals surface area contributed by atoms with Crippen molar-refractivity contribution >= 4 is 15.9 Å². The molecular weight excluding hydrogens is 312 g/mol. The van der Waals surface area contributed by atoms with E-state index in [-0.39, 0.29) is 22.9 Å². The predicted octanol–water partition coefficient (Wildman–Crippen LogP) is 2.68. The number of carbonyl (C=O) groups is 1. The van der Waals surface area contributed by atoms with Crippen LogP contribution in [-0.2, 0) is 10.0 Å². The molecule has 1 saturated carbocycles. The summed E-state index contributed by atoms with van der Waals surface area (Å²) in [5.74, 6) is 0.518. The summed E-state index contributed by atoms with van der Waals surface area (Å²) in [6.45, 7) is 5.75. The van der Waals surface area contributed by atoms with Crippen LogP contribution in [0.4, 0.5) is 0 Å². The lowest BCUT2D eigenvalue weighted by Crippen LogP contribution is -2.37. The third kappa shape index (κ3) is 5.04. The molecule has 5 nitrogen and oxygen atoms in total. The van der Waals surface area contributed by atoms with E-state index in [2.05, 4.69) is 17.0 Å². The van der Waals surface area contributed by atoms with Crippen LogP contribution in [0.15, 0.2) is 29.2 Å².